The first-order valence-electron chi connectivity index (χ1n) is 8.44. The van der Waals surface area contributed by atoms with E-state index >= 15 is 0 Å². The molecule has 0 saturated heterocycles. The molecule has 1 amide bonds. The van der Waals surface area contributed by atoms with E-state index in [0.29, 0.717) is 12.8 Å². The van der Waals surface area contributed by atoms with Crippen molar-refractivity contribution in [2.24, 2.45) is 5.92 Å². The first-order valence-corrected chi connectivity index (χ1v) is 8.44. The Labute approximate surface area is 146 Å². The number of carboxylic acids is 1. The van der Waals surface area contributed by atoms with E-state index in [1.54, 1.807) is 17.8 Å². The monoisotopic (exact) mass is 342 g/mol. The normalized spacial score (nSPS) is 23.2. The van der Waals surface area contributed by atoms with Crippen LogP contribution in [0.15, 0.2) is 30.5 Å². The number of carbonyl (C=O) groups excluding carboxylic acids is 1. The van der Waals surface area contributed by atoms with Crippen molar-refractivity contribution in [3.05, 3.63) is 41.7 Å². The largest absolute Gasteiger partial charge is 0.481 e. The molecule has 1 aromatic carbocycles. The highest BCUT2D eigenvalue weighted by molar-refractivity contribution is 5.93. The molecule has 2 N–H and O–H groups in total. The summed E-state index contributed by atoms with van der Waals surface area (Å²) < 4.78 is 1.54. The van der Waals surface area contributed by atoms with E-state index in [1.165, 1.54) is 0 Å². The van der Waals surface area contributed by atoms with Crippen molar-refractivity contribution < 1.29 is 14.7 Å². The van der Waals surface area contributed by atoms with Crippen LogP contribution in [0.5, 0.6) is 0 Å². The fraction of sp³-hybridized carbons (Fsp3) is 0.444. The number of aromatic nitrogens is 3. The number of benzene rings is 1. The number of carbonyl (C=O) groups is 2. The SMILES string of the molecule is Cc1cccc(-n2cc(C(=O)NC3(C)CCCCC3C(=O)O)nn2)c1. The van der Waals surface area contributed by atoms with E-state index < -0.39 is 23.3 Å². The van der Waals surface area contributed by atoms with Crippen LogP contribution in [0.2, 0.25) is 0 Å². The van der Waals surface area contributed by atoms with E-state index in [-0.39, 0.29) is 5.69 Å². The van der Waals surface area contributed by atoms with Gasteiger partial charge in [-0.05, 0) is 44.4 Å². The molecule has 1 aliphatic carbocycles. The van der Waals surface area contributed by atoms with Gasteiger partial charge in [-0.2, -0.15) is 0 Å². The summed E-state index contributed by atoms with van der Waals surface area (Å²) in [6, 6.07) is 7.71. The predicted octanol–water partition coefficient (Wildman–Crippen LogP) is 2.34. The molecule has 2 aromatic rings. The van der Waals surface area contributed by atoms with Crippen LogP contribution < -0.4 is 5.32 Å². The van der Waals surface area contributed by atoms with Crippen molar-refractivity contribution in [1.29, 1.82) is 0 Å². The molecule has 3 rings (SSSR count). The van der Waals surface area contributed by atoms with Gasteiger partial charge in [-0.15, -0.1) is 5.10 Å². The summed E-state index contributed by atoms with van der Waals surface area (Å²) in [5.74, 6) is -1.85. The number of nitrogens with zero attached hydrogens (tertiary/aromatic N) is 3. The third-order valence-electron chi connectivity index (χ3n) is 4.90. The van der Waals surface area contributed by atoms with Gasteiger partial charge in [-0.3, -0.25) is 9.59 Å². The molecule has 2 atom stereocenters. The lowest BCUT2D eigenvalue weighted by Crippen LogP contribution is -2.55. The first kappa shape index (κ1) is 17.1. The van der Waals surface area contributed by atoms with Gasteiger partial charge in [0.1, 0.15) is 0 Å². The number of aryl methyl sites for hydroxylation is 1. The fourth-order valence-corrected chi connectivity index (χ4v) is 3.47. The fourth-order valence-electron chi connectivity index (χ4n) is 3.47. The van der Waals surface area contributed by atoms with Crippen molar-refractivity contribution in [1.82, 2.24) is 20.3 Å². The molecular weight excluding hydrogens is 320 g/mol. The van der Waals surface area contributed by atoms with E-state index in [4.69, 9.17) is 0 Å². The first-order chi connectivity index (χ1) is 11.9. The van der Waals surface area contributed by atoms with Gasteiger partial charge in [0.25, 0.3) is 5.91 Å². The Morgan fingerprint density at radius 3 is 2.88 bits per heavy atom. The molecule has 7 nitrogen and oxygen atoms in total. The molecule has 1 saturated carbocycles. The molecule has 0 aliphatic heterocycles. The highest BCUT2D eigenvalue weighted by Crippen LogP contribution is 2.34. The number of aliphatic carboxylic acids is 1. The van der Waals surface area contributed by atoms with Crippen LogP contribution >= 0.6 is 0 Å². The lowest BCUT2D eigenvalue weighted by Gasteiger charge is -2.39. The minimum absolute atomic E-state index is 0.178. The molecule has 1 fully saturated rings. The maximum Gasteiger partial charge on any atom is 0.308 e. The number of amides is 1. The zero-order valence-electron chi connectivity index (χ0n) is 14.4. The van der Waals surface area contributed by atoms with Gasteiger partial charge in [0.2, 0.25) is 0 Å². The molecule has 0 radical (unpaired) electrons. The average Bonchev–Trinajstić information content (AvgIpc) is 3.05. The van der Waals surface area contributed by atoms with Crippen LogP contribution in [0, 0.1) is 12.8 Å². The summed E-state index contributed by atoms with van der Waals surface area (Å²) in [6.45, 7) is 3.78. The van der Waals surface area contributed by atoms with E-state index in [2.05, 4.69) is 15.6 Å². The molecule has 0 bridgehead atoms. The zero-order chi connectivity index (χ0) is 18.0. The molecular formula is C18H22N4O3. The lowest BCUT2D eigenvalue weighted by atomic mass is 9.74. The molecule has 2 unspecified atom stereocenters. The second kappa shape index (κ2) is 6.66. The van der Waals surface area contributed by atoms with Gasteiger partial charge < -0.3 is 10.4 Å². The Balaban J connectivity index is 1.78. The summed E-state index contributed by atoms with van der Waals surface area (Å²) in [4.78, 5) is 24.1. The van der Waals surface area contributed by atoms with Crippen molar-refractivity contribution in [3.63, 3.8) is 0 Å². The van der Waals surface area contributed by atoms with Crippen molar-refractivity contribution in [3.8, 4) is 5.69 Å². The molecule has 0 spiro atoms. The van der Waals surface area contributed by atoms with Gasteiger partial charge >= 0.3 is 5.97 Å². The molecule has 7 heteroatoms. The van der Waals surface area contributed by atoms with Gasteiger partial charge in [0, 0.05) is 0 Å². The van der Waals surface area contributed by atoms with Crippen molar-refractivity contribution in [2.75, 3.05) is 0 Å². The third kappa shape index (κ3) is 3.55. The quantitative estimate of drug-likeness (QED) is 0.889. The van der Waals surface area contributed by atoms with Crippen LogP contribution in [0.4, 0.5) is 0 Å². The molecule has 1 aromatic heterocycles. The maximum atomic E-state index is 12.6. The molecule has 1 heterocycles. The third-order valence-corrected chi connectivity index (χ3v) is 4.90. The second-order valence-electron chi connectivity index (χ2n) is 6.90. The predicted molar refractivity (Wildman–Crippen MR) is 91.6 cm³/mol. The topological polar surface area (TPSA) is 97.1 Å². The summed E-state index contributed by atoms with van der Waals surface area (Å²) in [6.07, 6.45) is 4.54. The van der Waals surface area contributed by atoms with Gasteiger partial charge in [-0.25, -0.2) is 4.68 Å². The van der Waals surface area contributed by atoms with Crippen molar-refractivity contribution >= 4 is 11.9 Å². The lowest BCUT2D eigenvalue weighted by molar-refractivity contribution is -0.145. The summed E-state index contributed by atoms with van der Waals surface area (Å²) in [7, 11) is 0. The van der Waals surface area contributed by atoms with Crippen LogP contribution in [0.25, 0.3) is 5.69 Å². The Morgan fingerprint density at radius 1 is 1.36 bits per heavy atom. The number of hydrogen-bond acceptors (Lipinski definition) is 4. The van der Waals surface area contributed by atoms with Crippen LogP contribution in [0.3, 0.4) is 0 Å². The van der Waals surface area contributed by atoms with Crippen LogP contribution in [-0.2, 0) is 4.79 Å². The Bertz CT molecular complexity index is 801. The standard InChI is InChI=1S/C18H22N4O3/c1-12-6-5-7-13(10-12)22-11-15(20-21-22)16(23)19-18(2)9-4-3-8-14(18)17(24)25/h5-7,10-11,14H,3-4,8-9H2,1-2H3,(H,19,23)(H,24,25). The minimum atomic E-state index is -0.870. The molecule has 132 valence electrons. The number of hydrogen-bond donors (Lipinski definition) is 2. The zero-order valence-corrected chi connectivity index (χ0v) is 14.4. The smallest absolute Gasteiger partial charge is 0.308 e. The highest BCUT2D eigenvalue weighted by atomic mass is 16.4. The van der Waals surface area contributed by atoms with Crippen molar-refractivity contribution in [2.45, 2.75) is 45.1 Å². The summed E-state index contributed by atoms with van der Waals surface area (Å²) in [5, 5.41) is 20.3. The highest BCUT2D eigenvalue weighted by Gasteiger charge is 2.42. The van der Waals surface area contributed by atoms with E-state index in [0.717, 1.165) is 24.1 Å². The van der Waals surface area contributed by atoms with Gasteiger partial charge in [-0.1, -0.05) is 30.2 Å². The van der Waals surface area contributed by atoms with Crippen LogP contribution in [-0.4, -0.2) is 37.5 Å². The van der Waals surface area contributed by atoms with E-state index in [9.17, 15) is 14.7 Å². The number of carboxylic acid groups (broad SMARTS) is 1. The molecule has 25 heavy (non-hydrogen) atoms. The number of rotatable bonds is 4. The second-order valence-corrected chi connectivity index (χ2v) is 6.90. The van der Waals surface area contributed by atoms with Gasteiger partial charge in [0.05, 0.1) is 23.3 Å². The van der Waals surface area contributed by atoms with E-state index in [1.807, 2.05) is 31.2 Å². The Hall–Kier alpha value is -2.70. The summed E-state index contributed by atoms with van der Waals surface area (Å²) >= 11 is 0. The Kier molecular flexibility index (Phi) is 4.57. The molecule has 1 aliphatic rings. The number of nitrogens with one attached hydrogen (secondary N) is 1. The Morgan fingerprint density at radius 2 is 2.16 bits per heavy atom. The maximum absolute atomic E-state index is 12.6. The minimum Gasteiger partial charge on any atom is -0.481 e. The summed E-state index contributed by atoms with van der Waals surface area (Å²) in [5.41, 5.74) is 1.31. The van der Waals surface area contributed by atoms with Gasteiger partial charge in [0.15, 0.2) is 5.69 Å². The average molecular weight is 342 g/mol. The van der Waals surface area contributed by atoms with Crippen LogP contribution in [0.1, 0.15) is 48.7 Å².